The zero-order valence-corrected chi connectivity index (χ0v) is 14.5. The summed E-state index contributed by atoms with van der Waals surface area (Å²) in [7, 11) is 0. The third-order valence-electron chi connectivity index (χ3n) is 3.53. The number of rotatable bonds is 6. The van der Waals surface area contributed by atoms with Crippen LogP contribution in [0.25, 0.3) is 11.5 Å². The van der Waals surface area contributed by atoms with Gasteiger partial charge >= 0.3 is 0 Å². The summed E-state index contributed by atoms with van der Waals surface area (Å²) in [6.45, 7) is 1.59. The van der Waals surface area contributed by atoms with Crippen LogP contribution >= 0.6 is 11.8 Å². The van der Waals surface area contributed by atoms with Crippen molar-refractivity contribution in [1.82, 2.24) is 10.2 Å². The van der Waals surface area contributed by atoms with Crippen molar-refractivity contribution in [1.29, 1.82) is 0 Å². The summed E-state index contributed by atoms with van der Waals surface area (Å²) < 4.78 is 5.52. The number of hydrogen-bond acceptors (Lipinski definition) is 7. The minimum absolute atomic E-state index is 0.0402. The number of anilines is 1. The van der Waals surface area contributed by atoms with Crippen LogP contribution in [-0.4, -0.2) is 26.8 Å². The van der Waals surface area contributed by atoms with E-state index in [2.05, 4.69) is 15.5 Å². The molecular formula is C17H14N4O4S. The molecule has 0 spiro atoms. The number of amides is 1. The quantitative estimate of drug-likeness (QED) is 0.400. The van der Waals surface area contributed by atoms with E-state index in [4.69, 9.17) is 4.42 Å². The van der Waals surface area contributed by atoms with E-state index in [1.54, 1.807) is 13.0 Å². The molecule has 0 saturated carbocycles. The molecule has 8 nitrogen and oxygen atoms in total. The number of carbonyl (C=O) groups is 1. The van der Waals surface area contributed by atoms with Gasteiger partial charge in [-0.3, -0.25) is 14.9 Å². The molecule has 0 radical (unpaired) electrons. The third kappa shape index (κ3) is 4.06. The molecule has 0 bridgehead atoms. The summed E-state index contributed by atoms with van der Waals surface area (Å²) in [5.41, 5.74) is 1.56. The van der Waals surface area contributed by atoms with Gasteiger partial charge in [0.2, 0.25) is 11.8 Å². The molecule has 0 saturated heterocycles. The van der Waals surface area contributed by atoms with Gasteiger partial charge < -0.3 is 9.73 Å². The van der Waals surface area contributed by atoms with Gasteiger partial charge in [-0.25, -0.2) is 0 Å². The summed E-state index contributed by atoms with van der Waals surface area (Å²) in [6.07, 6.45) is 0. The fourth-order valence-electron chi connectivity index (χ4n) is 2.24. The zero-order valence-electron chi connectivity index (χ0n) is 13.7. The van der Waals surface area contributed by atoms with Crippen molar-refractivity contribution in [3.8, 4) is 11.5 Å². The molecule has 0 aliphatic heterocycles. The van der Waals surface area contributed by atoms with Gasteiger partial charge in [0.15, 0.2) is 0 Å². The predicted molar refractivity (Wildman–Crippen MR) is 96.9 cm³/mol. The molecule has 0 fully saturated rings. The van der Waals surface area contributed by atoms with Crippen molar-refractivity contribution in [2.24, 2.45) is 0 Å². The number of aromatic nitrogens is 2. The first-order valence-corrected chi connectivity index (χ1v) is 8.58. The average Bonchev–Trinajstić information content (AvgIpc) is 3.11. The highest BCUT2D eigenvalue weighted by Gasteiger charge is 2.16. The summed E-state index contributed by atoms with van der Waals surface area (Å²) in [4.78, 5) is 22.6. The van der Waals surface area contributed by atoms with Crippen LogP contribution in [0.1, 0.15) is 5.56 Å². The first kappa shape index (κ1) is 17.6. The van der Waals surface area contributed by atoms with E-state index in [9.17, 15) is 14.9 Å². The van der Waals surface area contributed by atoms with Crippen molar-refractivity contribution in [3.63, 3.8) is 0 Å². The number of nitrogens with zero attached hydrogens (tertiary/aromatic N) is 3. The summed E-state index contributed by atoms with van der Waals surface area (Å²) in [6, 6.07) is 13.8. The van der Waals surface area contributed by atoms with Gasteiger partial charge in [0.05, 0.1) is 21.9 Å². The van der Waals surface area contributed by atoms with Gasteiger partial charge in [0.25, 0.3) is 10.9 Å². The van der Waals surface area contributed by atoms with Gasteiger partial charge in [0, 0.05) is 11.6 Å². The standard InChI is InChI=1S/C17H14N4O4S/c1-11-13(8-5-9-14(11)21(23)24)18-15(22)10-26-17-20-19-16(25-17)12-6-3-2-4-7-12/h2-9H,10H2,1H3,(H,18,22). The highest BCUT2D eigenvalue weighted by Crippen LogP contribution is 2.26. The number of nitro groups is 1. The lowest BCUT2D eigenvalue weighted by Gasteiger charge is -2.07. The highest BCUT2D eigenvalue weighted by molar-refractivity contribution is 7.99. The Hall–Kier alpha value is -3.20. The molecule has 1 N–H and O–H groups in total. The zero-order chi connectivity index (χ0) is 18.5. The molecule has 0 aliphatic rings. The van der Waals surface area contributed by atoms with E-state index in [1.807, 2.05) is 30.3 Å². The lowest BCUT2D eigenvalue weighted by molar-refractivity contribution is -0.385. The maximum atomic E-state index is 12.1. The largest absolute Gasteiger partial charge is 0.411 e. The SMILES string of the molecule is Cc1c(NC(=O)CSc2nnc(-c3ccccc3)o2)cccc1[N+](=O)[O-]. The minimum atomic E-state index is -0.483. The number of carbonyl (C=O) groups excluding carboxylic acids is 1. The Morgan fingerprint density at radius 2 is 1.96 bits per heavy atom. The Labute approximate surface area is 152 Å². The Balaban J connectivity index is 1.61. The minimum Gasteiger partial charge on any atom is -0.411 e. The van der Waals surface area contributed by atoms with E-state index in [1.165, 1.54) is 12.1 Å². The number of nitrogens with one attached hydrogen (secondary N) is 1. The van der Waals surface area contributed by atoms with Gasteiger partial charge in [-0.2, -0.15) is 0 Å². The van der Waals surface area contributed by atoms with Crippen LogP contribution in [0.4, 0.5) is 11.4 Å². The number of hydrogen-bond donors (Lipinski definition) is 1. The monoisotopic (exact) mass is 370 g/mol. The van der Waals surface area contributed by atoms with Crippen LogP contribution in [0, 0.1) is 17.0 Å². The third-order valence-corrected chi connectivity index (χ3v) is 4.35. The molecule has 2 aromatic carbocycles. The van der Waals surface area contributed by atoms with Crippen LogP contribution in [0.3, 0.4) is 0 Å². The second kappa shape index (κ2) is 7.79. The van der Waals surface area contributed by atoms with E-state index in [0.717, 1.165) is 17.3 Å². The molecular weight excluding hydrogens is 356 g/mol. The lowest BCUT2D eigenvalue weighted by atomic mass is 10.1. The Morgan fingerprint density at radius 1 is 1.19 bits per heavy atom. The molecule has 9 heteroatoms. The second-order valence-corrected chi connectivity index (χ2v) is 6.21. The van der Waals surface area contributed by atoms with E-state index >= 15 is 0 Å². The predicted octanol–water partition coefficient (Wildman–Crippen LogP) is 3.68. The summed E-state index contributed by atoms with van der Waals surface area (Å²) in [5.74, 6) is 0.0968. The molecule has 132 valence electrons. The maximum absolute atomic E-state index is 12.1. The Morgan fingerprint density at radius 3 is 2.69 bits per heavy atom. The van der Waals surface area contributed by atoms with Gasteiger partial charge in [-0.1, -0.05) is 36.0 Å². The molecule has 1 aromatic heterocycles. The number of benzene rings is 2. The van der Waals surface area contributed by atoms with Crippen molar-refractivity contribution in [2.75, 3.05) is 11.1 Å². The van der Waals surface area contributed by atoms with Crippen molar-refractivity contribution in [2.45, 2.75) is 12.1 Å². The summed E-state index contributed by atoms with van der Waals surface area (Å²) in [5, 5.41) is 21.7. The maximum Gasteiger partial charge on any atom is 0.277 e. The van der Waals surface area contributed by atoms with E-state index < -0.39 is 4.92 Å². The van der Waals surface area contributed by atoms with Gasteiger partial charge in [-0.05, 0) is 25.1 Å². The number of thioether (sulfide) groups is 1. The molecule has 1 amide bonds. The van der Waals surface area contributed by atoms with Gasteiger partial charge in [-0.15, -0.1) is 10.2 Å². The molecule has 0 atom stereocenters. The summed E-state index contributed by atoms with van der Waals surface area (Å²) >= 11 is 1.09. The van der Waals surface area contributed by atoms with Crippen LogP contribution in [0.2, 0.25) is 0 Å². The molecule has 3 aromatic rings. The molecule has 1 heterocycles. The van der Waals surface area contributed by atoms with E-state index in [-0.39, 0.29) is 22.6 Å². The van der Waals surface area contributed by atoms with Crippen LogP contribution < -0.4 is 5.32 Å². The molecule has 0 unspecified atom stereocenters. The molecule has 0 aliphatic carbocycles. The normalized spacial score (nSPS) is 10.5. The van der Waals surface area contributed by atoms with Crippen LogP contribution in [0.15, 0.2) is 58.2 Å². The molecule has 26 heavy (non-hydrogen) atoms. The van der Waals surface area contributed by atoms with Crippen LogP contribution in [0.5, 0.6) is 0 Å². The Bertz CT molecular complexity index is 943. The lowest BCUT2D eigenvalue weighted by Crippen LogP contribution is -2.15. The van der Waals surface area contributed by atoms with Crippen molar-refractivity contribution < 1.29 is 14.1 Å². The number of nitro benzene ring substituents is 1. The smallest absolute Gasteiger partial charge is 0.277 e. The first-order valence-electron chi connectivity index (χ1n) is 7.60. The molecule has 3 rings (SSSR count). The first-order chi connectivity index (χ1) is 12.5. The second-order valence-electron chi connectivity index (χ2n) is 5.28. The van der Waals surface area contributed by atoms with Crippen molar-refractivity contribution in [3.05, 3.63) is 64.2 Å². The topological polar surface area (TPSA) is 111 Å². The van der Waals surface area contributed by atoms with E-state index in [0.29, 0.717) is 17.1 Å². The van der Waals surface area contributed by atoms with Crippen molar-refractivity contribution >= 4 is 29.0 Å². The average molecular weight is 370 g/mol. The fourth-order valence-corrected chi connectivity index (χ4v) is 2.80. The Kier molecular flexibility index (Phi) is 5.28. The van der Waals surface area contributed by atoms with Gasteiger partial charge in [0.1, 0.15) is 0 Å². The highest BCUT2D eigenvalue weighted by atomic mass is 32.2. The van der Waals surface area contributed by atoms with Crippen LogP contribution in [-0.2, 0) is 4.79 Å². The fraction of sp³-hybridized carbons (Fsp3) is 0.118.